The third kappa shape index (κ3) is 5.20. The number of benzene rings is 2. The number of hydrogen-bond acceptors (Lipinski definition) is 8. The van der Waals surface area contributed by atoms with E-state index >= 15 is 0 Å². The zero-order valence-corrected chi connectivity index (χ0v) is 20.3. The van der Waals surface area contributed by atoms with Crippen LogP contribution in [-0.4, -0.2) is 106 Å². The molecule has 9 nitrogen and oxygen atoms in total. The number of piperazine rings is 1. The van der Waals surface area contributed by atoms with E-state index in [1.165, 1.54) is 6.92 Å². The number of aryl methyl sites for hydroxylation is 1. The van der Waals surface area contributed by atoms with Crippen molar-refractivity contribution in [2.24, 2.45) is 0 Å². The molecule has 0 radical (unpaired) electrons. The molecule has 0 saturated carbocycles. The maximum Gasteiger partial charge on any atom is 0.253 e. The lowest BCUT2D eigenvalue weighted by molar-refractivity contribution is -0.314. The van der Waals surface area contributed by atoms with Crippen LogP contribution in [0.1, 0.15) is 22.8 Å². The predicted octanol–water partition coefficient (Wildman–Crippen LogP) is 0.618. The van der Waals surface area contributed by atoms with E-state index in [9.17, 15) is 25.2 Å². The van der Waals surface area contributed by atoms with Gasteiger partial charge in [0, 0.05) is 31.7 Å². The number of aliphatic hydroxyl groups excluding tert-OH is 3. The largest absolute Gasteiger partial charge is 0.461 e. The second kappa shape index (κ2) is 10.2. The number of likely N-dealkylation sites (N-methyl/N-ethyl adjacent to an activating group) is 1. The number of aliphatic hydroxyl groups is 4. The third-order valence-electron chi connectivity index (χ3n) is 6.90. The summed E-state index contributed by atoms with van der Waals surface area (Å²) in [7, 11) is 2.05. The summed E-state index contributed by atoms with van der Waals surface area (Å²) < 4.78 is 11.4. The number of amides is 1. The van der Waals surface area contributed by atoms with Crippen LogP contribution in [0.3, 0.4) is 0 Å². The molecule has 0 aromatic heterocycles. The molecule has 2 saturated heterocycles. The molecule has 2 heterocycles. The van der Waals surface area contributed by atoms with Crippen LogP contribution in [-0.2, 0) is 4.74 Å². The Morgan fingerprint density at radius 3 is 2.46 bits per heavy atom. The van der Waals surface area contributed by atoms with Crippen molar-refractivity contribution in [3.63, 3.8) is 0 Å². The number of carbonyl (C=O) groups excluding carboxylic acids is 1. The highest BCUT2D eigenvalue weighted by molar-refractivity contribution is 5.95. The average molecular weight is 487 g/mol. The molecule has 4 rings (SSSR count). The lowest BCUT2D eigenvalue weighted by Crippen LogP contribution is -2.66. The van der Waals surface area contributed by atoms with Crippen LogP contribution in [0.25, 0.3) is 11.1 Å². The minimum absolute atomic E-state index is 0.0208. The fourth-order valence-corrected chi connectivity index (χ4v) is 4.46. The van der Waals surface area contributed by atoms with Gasteiger partial charge in [0.15, 0.2) is 5.60 Å². The summed E-state index contributed by atoms with van der Waals surface area (Å²) >= 11 is 0. The van der Waals surface area contributed by atoms with Gasteiger partial charge in [0.1, 0.15) is 24.1 Å². The highest BCUT2D eigenvalue weighted by Crippen LogP contribution is 2.34. The van der Waals surface area contributed by atoms with Gasteiger partial charge in [-0.2, -0.15) is 0 Å². The highest BCUT2D eigenvalue weighted by Gasteiger charge is 2.53. The van der Waals surface area contributed by atoms with Gasteiger partial charge in [-0.3, -0.25) is 4.79 Å². The van der Waals surface area contributed by atoms with Gasteiger partial charge in [-0.15, -0.1) is 0 Å². The van der Waals surface area contributed by atoms with E-state index < -0.39 is 36.8 Å². The Bertz CT molecular complexity index is 1050. The van der Waals surface area contributed by atoms with Crippen molar-refractivity contribution >= 4 is 5.91 Å². The summed E-state index contributed by atoms with van der Waals surface area (Å²) in [5.41, 5.74) is 1.27. The number of carbonyl (C=O) groups is 1. The first kappa shape index (κ1) is 25.6. The van der Waals surface area contributed by atoms with Gasteiger partial charge in [0.25, 0.3) is 5.91 Å². The second-order valence-electron chi connectivity index (χ2n) is 9.62. The van der Waals surface area contributed by atoms with Crippen molar-refractivity contribution in [2.75, 3.05) is 39.8 Å². The first-order valence-electron chi connectivity index (χ1n) is 11.8. The zero-order chi connectivity index (χ0) is 25.3. The van der Waals surface area contributed by atoms with Crippen LogP contribution >= 0.6 is 0 Å². The Hall–Kier alpha value is -2.53. The van der Waals surface area contributed by atoms with E-state index in [2.05, 4.69) is 11.9 Å². The lowest BCUT2D eigenvalue weighted by atomic mass is 9.88. The molecule has 2 fully saturated rings. The first-order valence-corrected chi connectivity index (χ1v) is 11.8. The zero-order valence-electron chi connectivity index (χ0n) is 20.3. The van der Waals surface area contributed by atoms with Gasteiger partial charge in [-0.05, 0) is 61.9 Å². The molecule has 0 aliphatic carbocycles. The quantitative estimate of drug-likeness (QED) is 0.485. The van der Waals surface area contributed by atoms with Crippen molar-refractivity contribution in [1.82, 2.24) is 9.80 Å². The topological polar surface area (TPSA) is 123 Å². The normalized spacial score (nSPS) is 29.7. The first-order chi connectivity index (χ1) is 16.6. The fourth-order valence-electron chi connectivity index (χ4n) is 4.46. The molecule has 5 unspecified atom stereocenters. The summed E-state index contributed by atoms with van der Waals surface area (Å²) in [5.74, 6) is 0.441. The summed E-state index contributed by atoms with van der Waals surface area (Å²) in [6, 6.07) is 13.0. The average Bonchev–Trinajstić information content (AvgIpc) is 2.85. The smallest absolute Gasteiger partial charge is 0.253 e. The maximum atomic E-state index is 13.0. The van der Waals surface area contributed by atoms with E-state index in [1.807, 2.05) is 48.2 Å². The molecule has 4 N–H and O–H groups in total. The van der Waals surface area contributed by atoms with Gasteiger partial charge < -0.3 is 39.7 Å². The number of nitrogens with zero attached hydrogens (tertiary/aromatic N) is 2. The van der Waals surface area contributed by atoms with E-state index in [0.717, 1.165) is 29.8 Å². The van der Waals surface area contributed by atoms with Crippen LogP contribution in [0.5, 0.6) is 5.75 Å². The maximum absolute atomic E-state index is 13.0. The molecule has 2 aliphatic rings. The van der Waals surface area contributed by atoms with Gasteiger partial charge in [-0.25, -0.2) is 0 Å². The standard InChI is InChI=1S/C26H34N2O7/c1-16-13-18(17-5-4-6-19(14-17)24(32)28-11-9-27(3)10-12-28)7-8-20(16)34-25-26(2,33)23(31)22(30)21(15-29)35-25/h4-8,13-14,21-23,25,29-31,33H,9-12,15H2,1-3H3. The van der Waals surface area contributed by atoms with E-state index in [4.69, 9.17) is 9.47 Å². The Kier molecular flexibility index (Phi) is 7.46. The van der Waals surface area contributed by atoms with E-state index in [0.29, 0.717) is 24.4 Å². The Morgan fingerprint density at radius 2 is 1.80 bits per heavy atom. The SMILES string of the molecule is Cc1cc(-c2cccc(C(=O)N3CCN(C)CC3)c2)ccc1OC1OC(CO)C(O)C(O)C1(C)O. The minimum Gasteiger partial charge on any atom is -0.461 e. The van der Waals surface area contributed by atoms with Crippen LogP contribution in [0.2, 0.25) is 0 Å². The van der Waals surface area contributed by atoms with Crippen LogP contribution in [0, 0.1) is 6.92 Å². The van der Waals surface area contributed by atoms with Gasteiger partial charge in [0.05, 0.1) is 6.61 Å². The molecule has 2 aliphatic heterocycles. The molecule has 190 valence electrons. The van der Waals surface area contributed by atoms with Gasteiger partial charge in [-0.1, -0.05) is 18.2 Å². The van der Waals surface area contributed by atoms with Crippen molar-refractivity contribution in [3.05, 3.63) is 53.6 Å². The highest BCUT2D eigenvalue weighted by atomic mass is 16.7. The van der Waals surface area contributed by atoms with E-state index in [-0.39, 0.29) is 5.91 Å². The van der Waals surface area contributed by atoms with Crippen LogP contribution in [0.4, 0.5) is 0 Å². The monoisotopic (exact) mass is 486 g/mol. The van der Waals surface area contributed by atoms with Crippen molar-refractivity contribution < 1.29 is 34.7 Å². The summed E-state index contributed by atoms with van der Waals surface area (Å²) in [6.45, 7) is 5.75. The minimum atomic E-state index is -1.89. The van der Waals surface area contributed by atoms with Crippen LogP contribution < -0.4 is 4.74 Å². The fraction of sp³-hybridized carbons (Fsp3) is 0.500. The second-order valence-corrected chi connectivity index (χ2v) is 9.62. The molecule has 35 heavy (non-hydrogen) atoms. The predicted molar refractivity (Wildman–Crippen MR) is 129 cm³/mol. The Balaban J connectivity index is 1.52. The molecule has 0 spiro atoms. The van der Waals surface area contributed by atoms with Crippen LogP contribution in [0.15, 0.2) is 42.5 Å². The van der Waals surface area contributed by atoms with E-state index in [1.54, 1.807) is 6.07 Å². The molecule has 0 bridgehead atoms. The Labute approximate surface area is 205 Å². The molecule has 2 aromatic rings. The van der Waals surface area contributed by atoms with Crippen molar-refractivity contribution in [2.45, 2.75) is 44.1 Å². The number of rotatable bonds is 5. The summed E-state index contributed by atoms with van der Waals surface area (Å²) in [4.78, 5) is 17.1. The lowest BCUT2D eigenvalue weighted by Gasteiger charge is -2.45. The molecule has 5 atom stereocenters. The number of ether oxygens (including phenoxy) is 2. The Morgan fingerprint density at radius 1 is 1.11 bits per heavy atom. The van der Waals surface area contributed by atoms with Gasteiger partial charge >= 0.3 is 0 Å². The van der Waals surface area contributed by atoms with Crippen molar-refractivity contribution in [3.8, 4) is 16.9 Å². The molecule has 9 heteroatoms. The molecule has 2 aromatic carbocycles. The van der Waals surface area contributed by atoms with Gasteiger partial charge in [0.2, 0.25) is 6.29 Å². The molecule has 1 amide bonds. The summed E-state index contributed by atoms with van der Waals surface area (Å²) in [6.07, 6.45) is -5.39. The van der Waals surface area contributed by atoms with Crippen molar-refractivity contribution in [1.29, 1.82) is 0 Å². The molecular formula is C26H34N2O7. The third-order valence-corrected chi connectivity index (χ3v) is 6.90. The summed E-state index contributed by atoms with van der Waals surface area (Å²) in [5, 5.41) is 40.5. The molecular weight excluding hydrogens is 452 g/mol. The number of hydrogen-bond donors (Lipinski definition) is 4.